The second-order valence-corrected chi connectivity index (χ2v) is 4.10. The second kappa shape index (κ2) is 5.32. The van der Waals surface area contributed by atoms with E-state index in [0.29, 0.717) is 12.4 Å². The van der Waals surface area contributed by atoms with E-state index in [1.807, 2.05) is 17.7 Å². The van der Waals surface area contributed by atoms with Gasteiger partial charge < -0.3 is 15.2 Å². The van der Waals surface area contributed by atoms with Gasteiger partial charge in [-0.3, -0.25) is 4.68 Å². The van der Waals surface area contributed by atoms with E-state index in [-0.39, 0.29) is 6.29 Å². The van der Waals surface area contributed by atoms with Crippen molar-refractivity contribution in [1.29, 1.82) is 0 Å². The highest BCUT2D eigenvalue weighted by molar-refractivity contribution is 5.28. The minimum Gasteiger partial charge on any atom is -0.382 e. The lowest BCUT2D eigenvalue weighted by Crippen LogP contribution is -2.24. The quantitative estimate of drug-likeness (QED) is 0.839. The SMILES string of the molecule is Cc1cc(N)nn1CCO[C@H]1CCCCO1. The van der Waals surface area contributed by atoms with E-state index >= 15 is 0 Å². The Bertz CT molecular complexity index is 332. The van der Waals surface area contributed by atoms with E-state index in [4.69, 9.17) is 15.2 Å². The lowest BCUT2D eigenvalue weighted by atomic mass is 10.2. The van der Waals surface area contributed by atoms with E-state index in [1.165, 1.54) is 6.42 Å². The standard InChI is InChI=1S/C11H19N3O2/c1-9-8-10(12)13-14(9)5-7-16-11-4-2-3-6-15-11/h8,11H,2-7H2,1H3,(H2,12,13)/t11-/m0/s1. The smallest absolute Gasteiger partial charge is 0.157 e. The Labute approximate surface area is 95.5 Å². The summed E-state index contributed by atoms with van der Waals surface area (Å²) in [5.41, 5.74) is 6.66. The van der Waals surface area contributed by atoms with Gasteiger partial charge in [0.15, 0.2) is 6.29 Å². The van der Waals surface area contributed by atoms with E-state index in [2.05, 4.69) is 5.10 Å². The van der Waals surface area contributed by atoms with Crippen molar-refractivity contribution in [3.05, 3.63) is 11.8 Å². The van der Waals surface area contributed by atoms with Gasteiger partial charge in [0.05, 0.1) is 13.2 Å². The fraction of sp³-hybridized carbons (Fsp3) is 0.727. The number of anilines is 1. The van der Waals surface area contributed by atoms with Crippen LogP contribution >= 0.6 is 0 Å². The molecule has 1 aliphatic rings. The highest BCUT2D eigenvalue weighted by atomic mass is 16.7. The molecule has 5 heteroatoms. The molecule has 0 saturated carbocycles. The first-order chi connectivity index (χ1) is 7.75. The van der Waals surface area contributed by atoms with Crippen LogP contribution in [-0.4, -0.2) is 29.3 Å². The number of nitrogens with two attached hydrogens (primary N) is 1. The van der Waals surface area contributed by atoms with Gasteiger partial charge in [-0.25, -0.2) is 0 Å². The summed E-state index contributed by atoms with van der Waals surface area (Å²) in [7, 11) is 0. The summed E-state index contributed by atoms with van der Waals surface area (Å²) in [5, 5.41) is 4.17. The van der Waals surface area contributed by atoms with Gasteiger partial charge >= 0.3 is 0 Å². The first-order valence-electron chi connectivity index (χ1n) is 5.79. The molecule has 90 valence electrons. The van der Waals surface area contributed by atoms with Crippen molar-refractivity contribution < 1.29 is 9.47 Å². The Kier molecular flexibility index (Phi) is 3.79. The summed E-state index contributed by atoms with van der Waals surface area (Å²) in [5.74, 6) is 0.561. The Hall–Kier alpha value is -1.07. The lowest BCUT2D eigenvalue weighted by molar-refractivity contribution is -0.163. The zero-order chi connectivity index (χ0) is 11.4. The van der Waals surface area contributed by atoms with Gasteiger partial charge in [0.1, 0.15) is 5.82 Å². The summed E-state index contributed by atoms with van der Waals surface area (Å²) < 4.78 is 13.0. The van der Waals surface area contributed by atoms with Crippen LogP contribution in [0.25, 0.3) is 0 Å². The molecule has 1 fully saturated rings. The van der Waals surface area contributed by atoms with Crippen molar-refractivity contribution in [2.75, 3.05) is 18.9 Å². The number of hydrogen-bond donors (Lipinski definition) is 1. The van der Waals surface area contributed by atoms with Crippen LogP contribution in [0.15, 0.2) is 6.07 Å². The summed E-state index contributed by atoms with van der Waals surface area (Å²) >= 11 is 0. The fourth-order valence-corrected chi connectivity index (χ4v) is 1.88. The van der Waals surface area contributed by atoms with E-state index in [0.717, 1.165) is 31.7 Å². The molecule has 1 aromatic rings. The minimum absolute atomic E-state index is 0.0260. The zero-order valence-electron chi connectivity index (χ0n) is 9.69. The van der Waals surface area contributed by atoms with Gasteiger partial charge in [-0.1, -0.05) is 0 Å². The van der Waals surface area contributed by atoms with Crippen LogP contribution in [0.3, 0.4) is 0 Å². The molecule has 0 aromatic carbocycles. The van der Waals surface area contributed by atoms with E-state index in [9.17, 15) is 0 Å². The summed E-state index contributed by atoms with van der Waals surface area (Å²) in [6.45, 7) is 4.15. The molecule has 0 bridgehead atoms. The highest BCUT2D eigenvalue weighted by Crippen LogP contribution is 2.13. The van der Waals surface area contributed by atoms with Crippen LogP contribution < -0.4 is 5.73 Å². The van der Waals surface area contributed by atoms with E-state index in [1.54, 1.807) is 0 Å². The zero-order valence-corrected chi connectivity index (χ0v) is 9.69. The number of nitrogens with zero attached hydrogens (tertiary/aromatic N) is 2. The highest BCUT2D eigenvalue weighted by Gasteiger charge is 2.13. The molecule has 1 atom stereocenters. The van der Waals surface area contributed by atoms with Crippen molar-refractivity contribution in [2.24, 2.45) is 0 Å². The van der Waals surface area contributed by atoms with Crippen molar-refractivity contribution >= 4 is 5.82 Å². The predicted octanol–water partition coefficient (Wildman–Crippen LogP) is 1.32. The van der Waals surface area contributed by atoms with Gasteiger partial charge in [-0.2, -0.15) is 5.10 Å². The molecular weight excluding hydrogens is 206 g/mol. The Morgan fingerprint density at radius 2 is 2.50 bits per heavy atom. The van der Waals surface area contributed by atoms with E-state index < -0.39 is 0 Å². The lowest BCUT2D eigenvalue weighted by Gasteiger charge is -2.22. The fourth-order valence-electron chi connectivity index (χ4n) is 1.88. The van der Waals surface area contributed by atoms with Crippen LogP contribution in [-0.2, 0) is 16.0 Å². The van der Waals surface area contributed by atoms with Crippen LogP contribution in [0, 0.1) is 6.92 Å². The molecule has 0 spiro atoms. The number of rotatable bonds is 4. The number of aryl methyl sites for hydroxylation is 1. The maximum absolute atomic E-state index is 5.63. The average Bonchev–Trinajstić information content (AvgIpc) is 2.59. The number of hydrogen-bond acceptors (Lipinski definition) is 4. The van der Waals surface area contributed by atoms with Gasteiger partial charge in [0.2, 0.25) is 0 Å². The second-order valence-electron chi connectivity index (χ2n) is 4.10. The van der Waals surface area contributed by atoms with Crippen molar-refractivity contribution in [3.63, 3.8) is 0 Å². The summed E-state index contributed by atoms with van der Waals surface area (Å²) in [6, 6.07) is 1.86. The first-order valence-corrected chi connectivity index (χ1v) is 5.79. The number of ether oxygens (including phenoxy) is 2. The van der Waals surface area contributed by atoms with Crippen molar-refractivity contribution in [2.45, 2.75) is 39.0 Å². The Morgan fingerprint density at radius 3 is 3.12 bits per heavy atom. The van der Waals surface area contributed by atoms with Crippen molar-refractivity contribution in [3.8, 4) is 0 Å². The number of aromatic nitrogens is 2. The molecule has 0 radical (unpaired) electrons. The van der Waals surface area contributed by atoms with Gasteiger partial charge in [-0.15, -0.1) is 0 Å². The molecule has 0 amide bonds. The third kappa shape index (κ3) is 2.96. The van der Waals surface area contributed by atoms with Gasteiger partial charge in [0, 0.05) is 18.4 Å². The van der Waals surface area contributed by atoms with Crippen molar-refractivity contribution in [1.82, 2.24) is 9.78 Å². The molecule has 5 nitrogen and oxygen atoms in total. The van der Waals surface area contributed by atoms with Crippen LogP contribution in [0.2, 0.25) is 0 Å². The first kappa shape index (κ1) is 11.4. The average molecular weight is 225 g/mol. The molecule has 0 aliphatic carbocycles. The van der Waals surface area contributed by atoms with Crippen LogP contribution in [0.5, 0.6) is 0 Å². The molecule has 1 aromatic heterocycles. The third-order valence-electron chi connectivity index (χ3n) is 2.74. The molecular formula is C11H19N3O2. The maximum atomic E-state index is 5.63. The summed E-state index contributed by atoms with van der Waals surface area (Å²) in [4.78, 5) is 0. The maximum Gasteiger partial charge on any atom is 0.157 e. The molecule has 1 saturated heterocycles. The summed E-state index contributed by atoms with van der Waals surface area (Å²) in [6.07, 6.45) is 3.31. The molecule has 16 heavy (non-hydrogen) atoms. The van der Waals surface area contributed by atoms with Gasteiger partial charge in [0.25, 0.3) is 0 Å². The third-order valence-corrected chi connectivity index (χ3v) is 2.74. The van der Waals surface area contributed by atoms with Crippen LogP contribution in [0.1, 0.15) is 25.0 Å². The molecule has 2 rings (SSSR count). The monoisotopic (exact) mass is 225 g/mol. The van der Waals surface area contributed by atoms with Gasteiger partial charge in [-0.05, 0) is 26.2 Å². The topological polar surface area (TPSA) is 62.3 Å². The van der Waals surface area contributed by atoms with Crippen LogP contribution in [0.4, 0.5) is 5.82 Å². The molecule has 0 unspecified atom stereocenters. The number of nitrogen functional groups attached to an aromatic ring is 1. The minimum atomic E-state index is -0.0260. The Morgan fingerprint density at radius 1 is 1.62 bits per heavy atom. The molecule has 2 N–H and O–H groups in total. The normalized spacial score (nSPS) is 21.2. The Balaban J connectivity index is 1.73. The predicted molar refractivity (Wildman–Crippen MR) is 60.9 cm³/mol. The largest absolute Gasteiger partial charge is 0.382 e. The molecule has 2 heterocycles. The molecule has 1 aliphatic heterocycles.